The topological polar surface area (TPSA) is 87.4 Å². The number of ether oxygens (including phenoxy) is 1. The summed E-state index contributed by atoms with van der Waals surface area (Å²) < 4.78 is 20.3. The molecule has 0 atom stereocenters. The summed E-state index contributed by atoms with van der Waals surface area (Å²) in [5, 5.41) is 13.0. The number of nitrogens with zero attached hydrogens (tertiary/aromatic N) is 3. The minimum atomic E-state index is -0.395. The third-order valence-corrected chi connectivity index (χ3v) is 6.74. The number of carbonyl (C=O) groups excluding carboxylic acids is 1. The zero-order valence-electron chi connectivity index (χ0n) is 19.2. The van der Waals surface area contributed by atoms with Crippen LogP contribution in [0.15, 0.2) is 34.0 Å². The van der Waals surface area contributed by atoms with Crippen molar-refractivity contribution in [3.63, 3.8) is 0 Å². The molecule has 0 bridgehead atoms. The van der Waals surface area contributed by atoms with Crippen molar-refractivity contribution in [2.75, 3.05) is 25.6 Å². The van der Waals surface area contributed by atoms with Gasteiger partial charge in [-0.25, -0.2) is 4.39 Å². The maximum absolute atomic E-state index is 13.3. The first kappa shape index (κ1) is 25.6. The number of nitriles is 1. The molecule has 2 aromatic rings. The lowest BCUT2D eigenvalue weighted by Crippen LogP contribution is -2.31. The number of rotatable bonds is 9. The maximum atomic E-state index is 13.3. The molecule has 3 rings (SSSR count). The number of thiocarbonyl (C=S) groups is 1. The summed E-state index contributed by atoms with van der Waals surface area (Å²) in [5.41, 5.74) is 1.49. The largest absolute Gasteiger partial charge is 0.383 e. The van der Waals surface area contributed by atoms with Crippen molar-refractivity contribution >= 4 is 46.1 Å². The second-order valence-electron chi connectivity index (χ2n) is 7.64. The molecule has 1 aliphatic heterocycles. The lowest BCUT2D eigenvalue weighted by atomic mass is 10.0. The molecule has 7 nitrogen and oxygen atoms in total. The van der Waals surface area contributed by atoms with Gasteiger partial charge < -0.3 is 10.1 Å². The van der Waals surface area contributed by atoms with Crippen LogP contribution in [0.4, 0.5) is 10.2 Å². The standard InChI is InChI=1S/C24H25FN4O3S2/c1-4-9-28-21(27-14-16-5-7-17(25)8-6-16)18(15(2)19(13-26)22(28)30)12-20-23(31)29(10-11-32-3)24(33)34-20/h5-8,12,27H,4,9-11,14H2,1-3H3/b20-12+. The molecule has 1 aliphatic rings. The summed E-state index contributed by atoms with van der Waals surface area (Å²) in [6.45, 7) is 5.02. The van der Waals surface area contributed by atoms with Gasteiger partial charge in [0.15, 0.2) is 0 Å². The van der Waals surface area contributed by atoms with Crippen molar-refractivity contribution < 1.29 is 13.9 Å². The van der Waals surface area contributed by atoms with E-state index in [1.54, 1.807) is 32.2 Å². The number of hydrogen-bond donors (Lipinski definition) is 1. The molecular weight excluding hydrogens is 475 g/mol. The van der Waals surface area contributed by atoms with Crippen LogP contribution >= 0.6 is 24.0 Å². The Kier molecular flexibility index (Phi) is 8.61. The summed E-state index contributed by atoms with van der Waals surface area (Å²) in [7, 11) is 1.55. The lowest BCUT2D eigenvalue weighted by molar-refractivity contribution is -0.122. The van der Waals surface area contributed by atoms with Gasteiger partial charge >= 0.3 is 0 Å². The Hall–Kier alpha value is -3.00. The van der Waals surface area contributed by atoms with Crippen LogP contribution in [0.2, 0.25) is 0 Å². The number of nitrogens with one attached hydrogen (secondary N) is 1. The molecule has 0 radical (unpaired) electrons. The van der Waals surface area contributed by atoms with Gasteiger partial charge in [-0.05, 0) is 42.7 Å². The molecule has 10 heteroatoms. The van der Waals surface area contributed by atoms with Gasteiger partial charge in [0.05, 0.1) is 18.1 Å². The number of methoxy groups -OCH3 is 1. The average Bonchev–Trinajstić information content (AvgIpc) is 3.08. The van der Waals surface area contributed by atoms with Gasteiger partial charge in [-0.3, -0.25) is 19.1 Å². The summed E-state index contributed by atoms with van der Waals surface area (Å²) in [6, 6.07) is 8.06. The number of thioether (sulfide) groups is 1. The van der Waals surface area contributed by atoms with Crippen molar-refractivity contribution in [2.24, 2.45) is 0 Å². The van der Waals surface area contributed by atoms with Gasteiger partial charge in [0.25, 0.3) is 11.5 Å². The molecule has 0 unspecified atom stereocenters. The quantitative estimate of drug-likeness (QED) is 0.411. The molecular formula is C24H25FN4O3S2. The van der Waals surface area contributed by atoms with Gasteiger partial charge in [-0.1, -0.05) is 43.0 Å². The monoisotopic (exact) mass is 500 g/mol. The summed E-state index contributed by atoms with van der Waals surface area (Å²) in [5.74, 6) is -0.0884. The molecule has 1 saturated heterocycles. The highest BCUT2D eigenvalue weighted by molar-refractivity contribution is 8.26. The van der Waals surface area contributed by atoms with Crippen molar-refractivity contribution in [1.82, 2.24) is 9.47 Å². The highest BCUT2D eigenvalue weighted by Crippen LogP contribution is 2.35. The van der Waals surface area contributed by atoms with Crippen LogP contribution in [0.1, 0.15) is 35.6 Å². The second kappa shape index (κ2) is 11.4. The summed E-state index contributed by atoms with van der Waals surface area (Å²) in [6.07, 6.45) is 2.35. The smallest absolute Gasteiger partial charge is 0.270 e. The molecule has 1 aromatic heterocycles. The number of halogens is 1. The lowest BCUT2D eigenvalue weighted by Gasteiger charge is -2.20. The van der Waals surface area contributed by atoms with Gasteiger partial charge in [0.2, 0.25) is 0 Å². The van der Waals surface area contributed by atoms with Crippen LogP contribution < -0.4 is 10.9 Å². The van der Waals surface area contributed by atoms with E-state index in [2.05, 4.69) is 5.32 Å². The molecule has 0 spiro atoms. The molecule has 0 aliphatic carbocycles. The molecule has 1 N–H and O–H groups in total. The fourth-order valence-corrected chi connectivity index (χ4v) is 4.88. The third-order valence-electron chi connectivity index (χ3n) is 5.36. The number of aromatic nitrogens is 1. The second-order valence-corrected chi connectivity index (χ2v) is 9.31. The number of pyridine rings is 1. The number of anilines is 1. The first-order valence-electron chi connectivity index (χ1n) is 10.7. The normalized spacial score (nSPS) is 14.7. The Morgan fingerprint density at radius 1 is 1.26 bits per heavy atom. The summed E-state index contributed by atoms with van der Waals surface area (Å²) >= 11 is 6.54. The zero-order chi connectivity index (χ0) is 24.8. The van der Waals surface area contributed by atoms with Crippen LogP contribution in [-0.4, -0.2) is 40.0 Å². The van der Waals surface area contributed by atoms with Crippen LogP contribution in [0.5, 0.6) is 0 Å². The van der Waals surface area contributed by atoms with Crippen molar-refractivity contribution in [3.05, 3.63) is 67.6 Å². The van der Waals surface area contributed by atoms with Crippen molar-refractivity contribution in [1.29, 1.82) is 5.26 Å². The average molecular weight is 501 g/mol. The molecule has 34 heavy (non-hydrogen) atoms. The molecule has 178 valence electrons. The fourth-order valence-electron chi connectivity index (χ4n) is 3.58. The predicted molar refractivity (Wildman–Crippen MR) is 136 cm³/mol. The highest BCUT2D eigenvalue weighted by atomic mass is 32.2. The Morgan fingerprint density at radius 2 is 1.97 bits per heavy atom. The van der Waals surface area contributed by atoms with E-state index in [1.165, 1.54) is 33.4 Å². The Bertz CT molecular complexity index is 1230. The zero-order valence-corrected chi connectivity index (χ0v) is 20.8. The number of hydrogen-bond acceptors (Lipinski definition) is 7. The number of amides is 1. The predicted octanol–water partition coefficient (Wildman–Crippen LogP) is 4.04. The Labute approximate surface area is 207 Å². The van der Waals surface area contributed by atoms with Gasteiger partial charge in [-0.15, -0.1) is 0 Å². The molecule has 1 aromatic carbocycles. The molecule has 2 heterocycles. The fraction of sp³-hybridized carbons (Fsp3) is 0.333. The molecule has 1 fully saturated rings. The molecule has 1 amide bonds. The van der Waals surface area contributed by atoms with E-state index >= 15 is 0 Å². The highest BCUT2D eigenvalue weighted by Gasteiger charge is 2.32. The van der Waals surface area contributed by atoms with E-state index < -0.39 is 5.56 Å². The van der Waals surface area contributed by atoms with Crippen LogP contribution in [0, 0.1) is 24.1 Å². The Balaban J connectivity index is 2.11. The molecule has 0 saturated carbocycles. The van der Waals surface area contributed by atoms with Crippen LogP contribution in [0.25, 0.3) is 6.08 Å². The van der Waals surface area contributed by atoms with E-state index in [0.29, 0.717) is 58.8 Å². The van der Waals surface area contributed by atoms with Crippen molar-refractivity contribution in [2.45, 2.75) is 33.4 Å². The maximum Gasteiger partial charge on any atom is 0.270 e. The first-order valence-corrected chi connectivity index (χ1v) is 11.9. The van der Waals surface area contributed by atoms with Gasteiger partial charge in [0.1, 0.15) is 27.6 Å². The van der Waals surface area contributed by atoms with Gasteiger partial charge in [-0.2, -0.15) is 5.26 Å². The van der Waals surface area contributed by atoms with Gasteiger partial charge in [0, 0.05) is 25.8 Å². The van der Waals surface area contributed by atoms with E-state index in [1.807, 2.05) is 13.0 Å². The van der Waals surface area contributed by atoms with Crippen LogP contribution in [0.3, 0.4) is 0 Å². The van der Waals surface area contributed by atoms with Crippen molar-refractivity contribution in [3.8, 4) is 6.07 Å². The van der Waals surface area contributed by atoms with E-state index in [0.717, 1.165) is 5.56 Å². The SMILES string of the molecule is CCCn1c(NCc2ccc(F)cc2)c(/C=C2/SC(=S)N(CCOC)C2=O)c(C)c(C#N)c1=O. The Morgan fingerprint density at radius 3 is 2.59 bits per heavy atom. The summed E-state index contributed by atoms with van der Waals surface area (Å²) in [4.78, 5) is 28.0. The first-order chi connectivity index (χ1) is 16.3. The van der Waals surface area contributed by atoms with Crippen LogP contribution in [-0.2, 0) is 22.6 Å². The number of benzene rings is 1. The third kappa shape index (κ3) is 5.38. The van der Waals surface area contributed by atoms with E-state index in [-0.39, 0.29) is 17.3 Å². The minimum Gasteiger partial charge on any atom is -0.383 e. The number of carbonyl (C=O) groups is 1. The minimum absolute atomic E-state index is 0.0295. The van der Waals surface area contributed by atoms with E-state index in [9.17, 15) is 19.2 Å². The van der Waals surface area contributed by atoms with E-state index in [4.69, 9.17) is 17.0 Å².